The highest BCUT2D eigenvalue weighted by atomic mass is 79.9. The maximum atomic E-state index is 12.2. The third-order valence-electron chi connectivity index (χ3n) is 3.93. The Balaban J connectivity index is 1.69. The summed E-state index contributed by atoms with van der Waals surface area (Å²) in [5, 5.41) is 2.97. The molecule has 0 atom stereocenters. The van der Waals surface area contributed by atoms with Gasteiger partial charge < -0.3 is 5.32 Å². The van der Waals surface area contributed by atoms with Crippen molar-refractivity contribution in [2.24, 2.45) is 0 Å². The van der Waals surface area contributed by atoms with E-state index in [1.165, 1.54) is 29.5 Å². The molecule has 2 nitrogen and oxygen atoms in total. The van der Waals surface area contributed by atoms with Crippen molar-refractivity contribution in [3.8, 4) is 0 Å². The van der Waals surface area contributed by atoms with Gasteiger partial charge in [0.05, 0.1) is 12.1 Å². The maximum Gasteiger partial charge on any atom is 0.228 e. The van der Waals surface area contributed by atoms with Crippen LogP contribution >= 0.6 is 15.9 Å². The lowest BCUT2D eigenvalue weighted by molar-refractivity contribution is -0.115. The fraction of sp³-hybridized carbons (Fsp3) is 0.278. The van der Waals surface area contributed by atoms with Gasteiger partial charge in [0.15, 0.2) is 0 Å². The predicted octanol–water partition coefficient (Wildman–Crippen LogP) is 4.43. The van der Waals surface area contributed by atoms with Gasteiger partial charge in [0.25, 0.3) is 0 Å². The van der Waals surface area contributed by atoms with Crippen LogP contribution in [0.5, 0.6) is 0 Å². The lowest BCUT2D eigenvalue weighted by atomic mass is 10.0. The number of fused-ring (bicyclic) bond motifs is 1. The molecule has 21 heavy (non-hydrogen) atoms. The van der Waals surface area contributed by atoms with Crippen molar-refractivity contribution < 1.29 is 4.79 Å². The minimum absolute atomic E-state index is 0.0255. The van der Waals surface area contributed by atoms with E-state index in [-0.39, 0.29) is 5.91 Å². The second-order valence-corrected chi connectivity index (χ2v) is 6.52. The molecular formula is C18H18BrNO. The van der Waals surface area contributed by atoms with Crippen LogP contribution in [0, 0.1) is 6.92 Å². The first-order chi connectivity index (χ1) is 10.1. The van der Waals surface area contributed by atoms with Gasteiger partial charge in [0, 0.05) is 4.47 Å². The Morgan fingerprint density at radius 3 is 2.76 bits per heavy atom. The molecule has 3 heteroatoms. The van der Waals surface area contributed by atoms with Crippen LogP contribution in [0.4, 0.5) is 5.69 Å². The number of hydrogen-bond donors (Lipinski definition) is 1. The summed E-state index contributed by atoms with van der Waals surface area (Å²) in [7, 11) is 0. The monoisotopic (exact) mass is 343 g/mol. The second kappa shape index (κ2) is 6.02. The highest BCUT2D eigenvalue weighted by Gasteiger charge is 2.12. The van der Waals surface area contributed by atoms with Gasteiger partial charge in [-0.05, 0) is 76.5 Å². The van der Waals surface area contributed by atoms with Crippen molar-refractivity contribution >= 4 is 27.5 Å². The molecule has 0 heterocycles. The molecule has 0 unspecified atom stereocenters. The van der Waals surface area contributed by atoms with E-state index < -0.39 is 0 Å². The van der Waals surface area contributed by atoms with Crippen LogP contribution in [0.1, 0.15) is 28.7 Å². The van der Waals surface area contributed by atoms with Gasteiger partial charge in [-0.1, -0.05) is 24.3 Å². The summed E-state index contributed by atoms with van der Waals surface area (Å²) in [5.41, 5.74) is 5.94. The molecule has 0 aliphatic heterocycles. The lowest BCUT2D eigenvalue weighted by Gasteiger charge is -2.09. The summed E-state index contributed by atoms with van der Waals surface area (Å²) < 4.78 is 0.921. The molecule has 1 aliphatic carbocycles. The van der Waals surface area contributed by atoms with Gasteiger partial charge in [-0.15, -0.1) is 0 Å². The van der Waals surface area contributed by atoms with Crippen molar-refractivity contribution in [2.75, 3.05) is 5.32 Å². The molecule has 1 N–H and O–H groups in total. The van der Waals surface area contributed by atoms with Crippen LogP contribution < -0.4 is 5.32 Å². The second-order valence-electron chi connectivity index (χ2n) is 5.66. The van der Waals surface area contributed by atoms with Crippen LogP contribution in [0.3, 0.4) is 0 Å². The van der Waals surface area contributed by atoms with Crippen LogP contribution in [-0.4, -0.2) is 5.91 Å². The summed E-state index contributed by atoms with van der Waals surface area (Å²) in [4.78, 5) is 12.2. The topological polar surface area (TPSA) is 29.1 Å². The standard InChI is InChI=1S/C18H18BrNO/c1-12-5-8-17(16(19)9-12)20-18(21)11-13-6-7-14-3-2-4-15(14)10-13/h5-10H,2-4,11H2,1H3,(H,20,21). The number of aryl methyl sites for hydroxylation is 3. The number of anilines is 1. The molecule has 2 aromatic carbocycles. The molecule has 0 aromatic heterocycles. The molecule has 0 spiro atoms. The molecular weight excluding hydrogens is 326 g/mol. The third kappa shape index (κ3) is 3.35. The summed E-state index contributed by atoms with van der Waals surface area (Å²) >= 11 is 3.49. The molecule has 0 radical (unpaired) electrons. The molecule has 0 fully saturated rings. The van der Waals surface area contributed by atoms with Crippen LogP contribution in [0.25, 0.3) is 0 Å². The SMILES string of the molecule is Cc1ccc(NC(=O)Cc2ccc3c(c2)CCC3)c(Br)c1. The molecule has 2 aromatic rings. The highest BCUT2D eigenvalue weighted by molar-refractivity contribution is 9.10. The van der Waals surface area contributed by atoms with E-state index in [1.54, 1.807) is 0 Å². The number of carbonyl (C=O) groups excluding carboxylic acids is 1. The third-order valence-corrected chi connectivity index (χ3v) is 4.58. The zero-order valence-corrected chi connectivity index (χ0v) is 13.7. The fourth-order valence-electron chi connectivity index (χ4n) is 2.84. The highest BCUT2D eigenvalue weighted by Crippen LogP contribution is 2.25. The number of benzene rings is 2. The van der Waals surface area contributed by atoms with Gasteiger partial charge in [0.1, 0.15) is 0 Å². The van der Waals surface area contributed by atoms with Gasteiger partial charge in [-0.2, -0.15) is 0 Å². The Kier molecular flexibility index (Phi) is 4.11. The average Bonchev–Trinajstić information content (AvgIpc) is 2.89. The normalized spacial score (nSPS) is 13.0. The number of nitrogens with one attached hydrogen (secondary N) is 1. The Bertz CT molecular complexity index is 694. The van der Waals surface area contributed by atoms with E-state index >= 15 is 0 Å². The Hall–Kier alpha value is -1.61. The van der Waals surface area contributed by atoms with Crippen molar-refractivity contribution in [1.82, 2.24) is 0 Å². The fourth-order valence-corrected chi connectivity index (χ4v) is 3.43. The quantitative estimate of drug-likeness (QED) is 0.877. The first-order valence-corrected chi connectivity index (χ1v) is 8.08. The molecule has 108 valence electrons. The van der Waals surface area contributed by atoms with E-state index in [4.69, 9.17) is 0 Å². The van der Waals surface area contributed by atoms with Gasteiger partial charge in [0.2, 0.25) is 5.91 Å². The largest absolute Gasteiger partial charge is 0.325 e. The molecule has 0 saturated heterocycles. The number of hydrogen-bond acceptors (Lipinski definition) is 1. The van der Waals surface area contributed by atoms with Crippen molar-refractivity contribution in [3.05, 3.63) is 63.1 Å². The first-order valence-electron chi connectivity index (χ1n) is 7.28. The van der Waals surface area contributed by atoms with Gasteiger partial charge in [-0.25, -0.2) is 0 Å². The average molecular weight is 344 g/mol. The van der Waals surface area contributed by atoms with E-state index in [1.807, 2.05) is 25.1 Å². The van der Waals surface area contributed by atoms with Crippen LogP contribution in [0.15, 0.2) is 40.9 Å². The molecule has 0 saturated carbocycles. The van der Waals surface area contributed by atoms with E-state index in [0.29, 0.717) is 6.42 Å². The summed E-state index contributed by atoms with van der Waals surface area (Å²) in [5.74, 6) is 0.0255. The molecule has 3 rings (SSSR count). The zero-order chi connectivity index (χ0) is 14.8. The first kappa shape index (κ1) is 14.3. The number of carbonyl (C=O) groups is 1. The number of rotatable bonds is 3. The predicted molar refractivity (Wildman–Crippen MR) is 89.7 cm³/mol. The number of amides is 1. The van der Waals surface area contributed by atoms with E-state index in [9.17, 15) is 4.79 Å². The van der Waals surface area contributed by atoms with Gasteiger partial charge >= 0.3 is 0 Å². The molecule has 0 bridgehead atoms. The van der Waals surface area contributed by atoms with Crippen LogP contribution in [0.2, 0.25) is 0 Å². The Morgan fingerprint density at radius 2 is 1.95 bits per heavy atom. The summed E-state index contributed by atoms with van der Waals surface area (Å²) in [6.45, 7) is 2.03. The van der Waals surface area contributed by atoms with Gasteiger partial charge in [-0.3, -0.25) is 4.79 Å². The summed E-state index contributed by atoms with van der Waals surface area (Å²) in [6.07, 6.45) is 3.99. The minimum Gasteiger partial charge on any atom is -0.325 e. The van der Waals surface area contributed by atoms with Crippen LogP contribution in [-0.2, 0) is 24.1 Å². The molecule has 1 aliphatic rings. The Morgan fingerprint density at radius 1 is 1.14 bits per heavy atom. The maximum absolute atomic E-state index is 12.2. The zero-order valence-electron chi connectivity index (χ0n) is 12.1. The van der Waals surface area contributed by atoms with E-state index in [0.717, 1.165) is 22.1 Å². The van der Waals surface area contributed by atoms with Crippen molar-refractivity contribution in [2.45, 2.75) is 32.6 Å². The number of halogens is 1. The molecule has 1 amide bonds. The van der Waals surface area contributed by atoms with Crippen molar-refractivity contribution in [1.29, 1.82) is 0 Å². The summed E-state index contributed by atoms with van der Waals surface area (Å²) in [6, 6.07) is 12.4. The smallest absolute Gasteiger partial charge is 0.228 e. The lowest BCUT2D eigenvalue weighted by Crippen LogP contribution is -2.15. The van der Waals surface area contributed by atoms with Crippen molar-refractivity contribution in [3.63, 3.8) is 0 Å². The Labute approximate surface area is 133 Å². The minimum atomic E-state index is 0.0255. The van der Waals surface area contributed by atoms with E-state index in [2.05, 4.69) is 39.4 Å².